The Balaban J connectivity index is 2.35. The Labute approximate surface area is 158 Å². The third-order valence-corrected chi connectivity index (χ3v) is 6.16. The first kappa shape index (κ1) is 19.1. The van der Waals surface area contributed by atoms with Crippen LogP contribution in [0, 0.1) is 0 Å². The first-order valence-electron chi connectivity index (χ1n) is 8.82. The van der Waals surface area contributed by atoms with E-state index in [4.69, 9.17) is 4.74 Å². The molecule has 0 N–H and O–H groups in total. The lowest BCUT2D eigenvalue weighted by Crippen LogP contribution is -2.16. The van der Waals surface area contributed by atoms with Gasteiger partial charge in [0, 0.05) is 42.2 Å². The van der Waals surface area contributed by atoms with E-state index in [0.29, 0.717) is 34.3 Å². The standard InChI is InChI=1S/C20H22N2O4S/c1-4-10-26-19-7-6-14(27(24,25)5-2)11-16(19)18-13-22(3)20(23)15-8-9-21-12-17(15)18/h6-9,11-13H,4-5,10H2,1-3H3. The van der Waals surface area contributed by atoms with Crippen LogP contribution >= 0.6 is 0 Å². The van der Waals surface area contributed by atoms with E-state index in [9.17, 15) is 13.2 Å². The molecule has 2 heterocycles. The van der Waals surface area contributed by atoms with Crippen LogP contribution in [0.4, 0.5) is 0 Å². The third kappa shape index (κ3) is 3.60. The Morgan fingerprint density at radius 3 is 2.59 bits per heavy atom. The molecular weight excluding hydrogens is 364 g/mol. The number of benzene rings is 1. The SMILES string of the molecule is CCCOc1ccc(S(=O)(=O)CC)cc1-c1cn(C)c(=O)c2ccncc12. The molecule has 1 aromatic carbocycles. The average Bonchev–Trinajstić information content (AvgIpc) is 2.69. The first-order valence-corrected chi connectivity index (χ1v) is 10.5. The second kappa shape index (κ2) is 7.52. The number of nitrogens with zero attached hydrogens (tertiary/aromatic N) is 2. The van der Waals surface area contributed by atoms with Crippen molar-refractivity contribution < 1.29 is 13.2 Å². The molecule has 0 saturated heterocycles. The highest BCUT2D eigenvalue weighted by Crippen LogP contribution is 2.36. The molecular formula is C20H22N2O4S. The van der Waals surface area contributed by atoms with Crippen molar-refractivity contribution in [3.63, 3.8) is 0 Å². The Kier molecular flexibility index (Phi) is 5.32. The molecule has 7 heteroatoms. The van der Waals surface area contributed by atoms with E-state index < -0.39 is 9.84 Å². The molecule has 27 heavy (non-hydrogen) atoms. The summed E-state index contributed by atoms with van der Waals surface area (Å²) in [4.78, 5) is 16.8. The summed E-state index contributed by atoms with van der Waals surface area (Å²) < 4.78 is 32.1. The van der Waals surface area contributed by atoms with Crippen LogP contribution in [0.1, 0.15) is 20.3 Å². The fraction of sp³-hybridized carbons (Fsp3) is 0.300. The molecule has 3 rings (SSSR count). The van der Waals surface area contributed by atoms with E-state index in [-0.39, 0.29) is 16.2 Å². The van der Waals surface area contributed by atoms with E-state index in [2.05, 4.69) is 4.98 Å². The van der Waals surface area contributed by atoms with Crippen LogP contribution in [0.5, 0.6) is 5.75 Å². The minimum absolute atomic E-state index is 0.0111. The molecule has 6 nitrogen and oxygen atoms in total. The Hall–Kier alpha value is -2.67. The third-order valence-electron chi connectivity index (χ3n) is 4.43. The molecule has 3 aromatic rings. The molecule has 0 aliphatic rings. The van der Waals surface area contributed by atoms with Crippen molar-refractivity contribution in [3.05, 3.63) is 53.2 Å². The number of sulfone groups is 1. The zero-order chi connectivity index (χ0) is 19.6. The summed E-state index contributed by atoms with van der Waals surface area (Å²) in [6.07, 6.45) is 5.71. The number of aromatic nitrogens is 2. The monoisotopic (exact) mass is 386 g/mol. The molecule has 0 atom stereocenters. The van der Waals surface area contributed by atoms with Gasteiger partial charge in [0.25, 0.3) is 5.56 Å². The maximum Gasteiger partial charge on any atom is 0.258 e. The van der Waals surface area contributed by atoms with Gasteiger partial charge in [-0.15, -0.1) is 0 Å². The van der Waals surface area contributed by atoms with Crippen molar-refractivity contribution in [2.75, 3.05) is 12.4 Å². The number of rotatable bonds is 6. The van der Waals surface area contributed by atoms with Crippen LogP contribution in [0.2, 0.25) is 0 Å². The average molecular weight is 386 g/mol. The molecule has 0 spiro atoms. The molecule has 0 bridgehead atoms. The second-order valence-corrected chi connectivity index (χ2v) is 8.57. The number of fused-ring (bicyclic) bond motifs is 1. The Morgan fingerprint density at radius 2 is 1.89 bits per heavy atom. The predicted molar refractivity (Wildman–Crippen MR) is 106 cm³/mol. The first-order chi connectivity index (χ1) is 12.9. The van der Waals surface area contributed by atoms with E-state index >= 15 is 0 Å². The van der Waals surface area contributed by atoms with Gasteiger partial charge in [-0.1, -0.05) is 13.8 Å². The summed E-state index contributed by atoms with van der Waals surface area (Å²) in [7, 11) is -1.71. The van der Waals surface area contributed by atoms with Crippen molar-refractivity contribution in [2.45, 2.75) is 25.2 Å². The summed E-state index contributed by atoms with van der Waals surface area (Å²) in [6, 6.07) is 6.53. The van der Waals surface area contributed by atoms with Gasteiger partial charge in [0.2, 0.25) is 0 Å². The summed E-state index contributed by atoms with van der Waals surface area (Å²) in [5.41, 5.74) is 1.20. The van der Waals surface area contributed by atoms with Gasteiger partial charge < -0.3 is 9.30 Å². The lowest BCUT2D eigenvalue weighted by Gasteiger charge is -2.15. The van der Waals surface area contributed by atoms with E-state index in [1.807, 2.05) is 6.92 Å². The zero-order valence-corrected chi connectivity index (χ0v) is 16.4. The largest absolute Gasteiger partial charge is 0.493 e. The molecule has 0 aliphatic heterocycles. The highest BCUT2D eigenvalue weighted by molar-refractivity contribution is 7.91. The quantitative estimate of drug-likeness (QED) is 0.650. The lowest BCUT2D eigenvalue weighted by atomic mass is 10.0. The molecule has 142 valence electrons. The molecule has 0 unspecified atom stereocenters. The fourth-order valence-electron chi connectivity index (χ4n) is 2.94. The molecule has 0 amide bonds. The van der Waals surface area contributed by atoms with Gasteiger partial charge in [-0.25, -0.2) is 8.42 Å². The van der Waals surface area contributed by atoms with Crippen molar-refractivity contribution in [3.8, 4) is 16.9 Å². The minimum atomic E-state index is -3.38. The number of hydrogen-bond donors (Lipinski definition) is 0. The predicted octanol–water partition coefficient (Wildman–Crippen LogP) is 3.18. The van der Waals surface area contributed by atoms with Crippen LogP contribution in [-0.2, 0) is 16.9 Å². The minimum Gasteiger partial charge on any atom is -0.493 e. The van der Waals surface area contributed by atoms with Gasteiger partial charge in [0.15, 0.2) is 9.84 Å². The maximum absolute atomic E-state index is 12.4. The smallest absolute Gasteiger partial charge is 0.258 e. The van der Waals surface area contributed by atoms with Crippen molar-refractivity contribution in [1.29, 1.82) is 0 Å². The lowest BCUT2D eigenvalue weighted by molar-refractivity contribution is 0.318. The highest BCUT2D eigenvalue weighted by atomic mass is 32.2. The zero-order valence-electron chi connectivity index (χ0n) is 15.6. The summed E-state index contributed by atoms with van der Waals surface area (Å²) in [5, 5.41) is 1.18. The van der Waals surface area contributed by atoms with Gasteiger partial charge in [-0.3, -0.25) is 9.78 Å². The van der Waals surface area contributed by atoms with Gasteiger partial charge in [-0.2, -0.15) is 0 Å². The van der Waals surface area contributed by atoms with Crippen LogP contribution in [0.25, 0.3) is 21.9 Å². The van der Waals surface area contributed by atoms with Crippen LogP contribution in [0.3, 0.4) is 0 Å². The van der Waals surface area contributed by atoms with Gasteiger partial charge in [0.1, 0.15) is 5.75 Å². The van der Waals surface area contributed by atoms with Gasteiger partial charge in [-0.05, 0) is 30.7 Å². The number of aryl methyl sites for hydroxylation is 1. The number of ether oxygens (including phenoxy) is 1. The molecule has 0 fully saturated rings. The van der Waals surface area contributed by atoms with Crippen molar-refractivity contribution >= 4 is 20.6 Å². The van der Waals surface area contributed by atoms with Crippen LogP contribution in [0.15, 0.2) is 52.5 Å². The summed E-state index contributed by atoms with van der Waals surface area (Å²) in [5.74, 6) is 0.590. The summed E-state index contributed by atoms with van der Waals surface area (Å²) >= 11 is 0. The van der Waals surface area contributed by atoms with E-state index in [1.165, 1.54) is 4.57 Å². The van der Waals surface area contributed by atoms with E-state index in [1.54, 1.807) is 56.8 Å². The second-order valence-electron chi connectivity index (χ2n) is 6.29. The molecule has 0 saturated carbocycles. The van der Waals surface area contributed by atoms with Crippen LogP contribution < -0.4 is 10.3 Å². The van der Waals surface area contributed by atoms with Crippen LogP contribution in [-0.4, -0.2) is 30.3 Å². The highest BCUT2D eigenvalue weighted by Gasteiger charge is 2.18. The normalized spacial score (nSPS) is 11.7. The topological polar surface area (TPSA) is 78.3 Å². The number of pyridine rings is 2. The Bertz CT molecular complexity index is 1150. The fourth-order valence-corrected chi connectivity index (χ4v) is 3.85. The molecule has 0 radical (unpaired) electrons. The van der Waals surface area contributed by atoms with Gasteiger partial charge in [0.05, 0.1) is 22.6 Å². The maximum atomic E-state index is 12.4. The number of hydrogen-bond acceptors (Lipinski definition) is 5. The van der Waals surface area contributed by atoms with Crippen molar-refractivity contribution in [2.24, 2.45) is 7.05 Å². The molecule has 0 aliphatic carbocycles. The van der Waals surface area contributed by atoms with Gasteiger partial charge >= 0.3 is 0 Å². The Morgan fingerprint density at radius 1 is 1.11 bits per heavy atom. The van der Waals surface area contributed by atoms with E-state index in [0.717, 1.165) is 6.42 Å². The molecule has 2 aromatic heterocycles. The van der Waals surface area contributed by atoms with Crippen molar-refractivity contribution in [1.82, 2.24) is 9.55 Å². The summed E-state index contributed by atoms with van der Waals surface area (Å²) in [6.45, 7) is 4.12.